The first-order valence-electron chi connectivity index (χ1n) is 9.82. The van der Waals surface area contributed by atoms with Gasteiger partial charge in [0.25, 0.3) is 0 Å². The largest absolute Gasteiger partial charge is 0.375 e. The lowest BCUT2D eigenvalue weighted by Gasteiger charge is -2.25. The first-order valence-corrected chi connectivity index (χ1v) is 9.82. The molecule has 0 aromatic heterocycles. The Kier molecular flexibility index (Phi) is 22.4. The lowest BCUT2D eigenvalue weighted by atomic mass is 10.0. The molecule has 0 aliphatic rings. The van der Waals surface area contributed by atoms with Gasteiger partial charge in [-0.05, 0) is 41.5 Å². The Morgan fingerprint density at radius 3 is 1.22 bits per heavy atom. The number of nitriles is 2. The van der Waals surface area contributed by atoms with Crippen LogP contribution in [0.5, 0.6) is 0 Å². The number of amidine groups is 2. The summed E-state index contributed by atoms with van der Waals surface area (Å²) in [6.07, 6.45) is 0. The van der Waals surface area contributed by atoms with Crippen LogP contribution in [0.3, 0.4) is 0 Å². The van der Waals surface area contributed by atoms with E-state index in [1.165, 1.54) is 0 Å². The highest BCUT2D eigenvalue weighted by Gasteiger charge is 2.28. The molecule has 0 aliphatic carbocycles. The normalized spacial score (nSPS) is 14.1. The van der Waals surface area contributed by atoms with E-state index in [1.54, 1.807) is 27.9 Å². The van der Waals surface area contributed by atoms with Gasteiger partial charge in [-0.1, -0.05) is 0 Å². The van der Waals surface area contributed by atoms with Crippen LogP contribution in [-0.4, -0.2) is 64.0 Å². The number of halogens is 2. The molecule has 2 unspecified atom stereocenters. The fourth-order valence-electron chi connectivity index (χ4n) is 2.17. The second-order valence-electron chi connectivity index (χ2n) is 7.67. The van der Waals surface area contributed by atoms with Gasteiger partial charge in [-0.3, -0.25) is 9.98 Å². The van der Waals surface area contributed by atoms with Crippen molar-refractivity contribution in [3.63, 3.8) is 0 Å². The van der Waals surface area contributed by atoms with Gasteiger partial charge in [-0.15, -0.1) is 24.8 Å². The van der Waals surface area contributed by atoms with Gasteiger partial charge in [0.1, 0.15) is 22.7 Å². The van der Waals surface area contributed by atoms with Gasteiger partial charge in [0, 0.05) is 28.2 Å². The molecule has 0 spiro atoms. The fraction of sp³-hybridized carbons (Fsp3) is 0.800. The van der Waals surface area contributed by atoms with Crippen LogP contribution in [0.2, 0.25) is 0 Å². The molecule has 0 aromatic carbocycles. The second-order valence-corrected chi connectivity index (χ2v) is 7.67. The summed E-state index contributed by atoms with van der Waals surface area (Å²) < 4.78 is 0. The van der Waals surface area contributed by atoms with Crippen LogP contribution in [0.4, 0.5) is 0 Å². The summed E-state index contributed by atoms with van der Waals surface area (Å²) in [4.78, 5) is 8.34. The molecule has 0 fully saturated rings. The van der Waals surface area contributed by atoms with Crippen LogP contribution in [0.15, 0.2) is 30.4 Å². The standard InChI is InChI=1S/C12H26N6.C8H12N4.2ClH/c1-11(2,9(13-5)14-6)17-18-12(3,4)10(15-7)16-8;1-7(3-9)5-11-12-6-8(2)4-10;;/h1-8H3,(H,13,14)(H,15,16);7-8H,5-6H2,1-2H3;2*1H. The van der Waals surface area contributed by atoms with Gasteiger partial charge in [-0.2, -0.15) is 31.0 Å². The Morgan fingerprint density at radius 1 is 0.750 bits per heavy atom. The van der Waals surface area contributed by atoms with E-state index in [2.05, 4.69) is 41.1 Å². The molecule has 0 rings (SSSR count). The third-order valence-electron chi connectivity index (χ3n) is 3.88. The van der Waals surface area contributed by atoms with Crippen molar-refractivity contribution in [2.75, 3.05) is 41.3 Å². The minimum absolute atomic E-state index is 0. The van der Waals surface area contributed by atoms with Crippen LogP contribution in [0.1, 0.15) is 41.5 Å². The Morgan fingerprint density at radius 2 is 1.03 bits per heavy atom. The Bertz CT molecular complexity index is 642. The Hall–Kier alpha value is -2.30. The van der Waals surface area contributed by atoms with Crippen molar-refractivity contribution in [1.29, 1.82) is 10.5 Å². The number of nitrogens with zero attached hydrogens (tertiary/aromatic N) is 8. The molecule has 0 aliphatic heterocycles. The van der Waals surface area contributed by atoms with Gasteiger partial charge in [0.05, 0.1) is 37.1 Å². The number of azo groups is 2. The molecule has 0 bridgehead atoms. The lowest BCUT2D eigenvalue weighted by molar-refractivity contribution is 0.549. The van der Waals surface area contributed by atoms with Gasteiger partial charge < -0.3 is 10.6 Å². The first kappa shape index (κ1) is 37.0. The smallest absolute Gasteiger partial charge is 0.132 e. The minimum atomic E-state index is -0.479. The predicted octanol–water partition coefficient (Wildman–Crippen LogP) is 4.09. The van der Waals surface area contributed by atoms with Crippen molar-refractivity contribution in [1.82, 2.24) is 10.6 Å². The molecule has 32 heavy (non-hydrogen) atoms. The highest BCUT2D eigenvalue weighted by molar-refractivity contribution is 5.91. The van der Waals surface area contributed by atoms with Gasteiger partial charge in [-0.25, -0.2) is 0 Å². The number of rotatable bonds is 8. The molecule has 0 heterocycles. The topological polar surface area (TPSA) is 146 Å². The van der Waals surface area contributed by atoms with E-state index in [0.717, 1.165) is 11.7 Å². The summed E-state index contributed by atoms with van der Waals surface area (Å²) in [7, 11) is 7.14. The zero-order chi connectivity index (χ0) is 23.8. The third kappa shape index (κ3) is 15.5. The van der Waals surface area contributed by atoms with E-state index in [9.17, 15) is 0 Å². The van der Waals surface area contributed by atoms with Gasteiger partial charge in [0.2, 0.25) is 0 Å². The average Bonchev–Trinajstić information content (AvgIpc) is 2.71. The van der Waals surface area contributed by atoms with Crippen molar-refractivity contribution in [2.45, 2.75) is 52.6 Å². The maximum atomic E-state index is 8.39. The average molecular weight is 492 g/mol. The summed E-state index contributed by atoms with van der Waals surface area (Å²) in [5.74, 6) is 1.40. The van der Waals surface area contributed by atoms with E-state index in [1.807, 2.05) is 53.9 Å². The Balaban J connectivity index is -0.000000247. The maximum absolute atomic E-state index is 8.39. The van der Waals surface area contributed by atoms with Crippen molar-refractivity contribution in [3.05, 3.63) is 0 Å². The molecule has 12 heteroatoms. The quantitative estimate of drug-likeness (QED) is 0.299. The highest BCUT2D eigenvalue weighted by Crippen LogP contribution is 2.17. The highest BCUT2D eigenvalue weighted by atomic mass is 35.5. The van der Waals surface area contributed by atoms with Crippen molar-refractivity contribution in [2.24, 2.45) is 42.3 Å². The van der Waals surface area contributed by atoms with Crippen molar-refractivity contribution >= 4 is 36.5 Å². The number of likely N-dealkylation sites (N-methyl/N-ethyl adjacent to an activating group) is 2. The molecule has 0 saturated heterocycles. The van der Waals surface area contributed by atoms with E-state index < -0.39 is 11.1 Å². The number of hydrogen-bond donors (Lipinski definition) is 2. The van der Waals surface area contributed by atoms with Crippen LogP contribution in [-0.2, 0) is 0 Å². The summed E-state index contributed by atoms with van der Waals surface area (Å²) >= 11 is 0. The zero-order valence-electron chi connectivity index (χ0n) is 21.0. The van der Waals surface area contributed by atoms with Crippen LogP contribution < -0.4 is 10.6 Å². The van der Waals surface area contributed by atoms with E-state index in [4.69, 9.17) is 10.5 Å². The third-order valence-corrected chi connectivity index (χ3v) is 3.88. The van der Waals surface area contributed by atoms with Gasteiger partial charge >= 0.3 is 0 Å². The molecule has 0 radical (unpaired) electrons. The van der Waals surface area contributed by atoms with Crippen molar-refractivity contribution < 1.29 is 0 Å². The maximum Gasteiger partial charge on any atom is 0.132 e. The van der Waals surface area contributed by atoms with E-state index in [-0.39, 0.29) is 36.6 Å². The second kappa shape index (κ2) is 19.4. The number of aliphatic imine (C=N–C) groups is 2. The predicted molar refractivity (Wildman–Crippen MR) is 136 cm³/mol. The summed E-state index contributed by atoms with van der Waals surface area (Å²) in [5.41, 5.74) is -0.958. The fourth-order valence-corrected chi connectivity index (χ4v) is 2.17. The summed E-state index contributed by atoms with van der Waals surface area (Å²) in [6.45, 7) is 12.3. The first-order chi connectivity index (χ1) is 13.9. The monoisotopic (exact) mass is 490 g/mol. The van der Waals surface area contributed by atoms with Crippen LogP contribution >= 0.6 is 24.8 Å². The van der Waals surface area contributed by atoms with Gasteiger partial charge in [0.15, 0.2) is 0 Å². The molecule has 0 saturated carbocycles. The molecule has 184 valence electrons. The lowest BCUT2D eigenvalue weighted by Crippen LogP contribution is -2.42. The van der Waals surface area contributed by atoms with E-state index in [0.29, 0.717) is 13.1 Å². The van der Waals surface area contributed by atoms with Crippen LogP contribution in [0, 0.1) is 34.5 Å². The summed E-state index contributed by atoms with van der Waals surface area (Å²) in [6, 6.07) is 4.10. The van der Waals surface area contributed by atoms with E-state index >= 15 is 0 Å². The SMILES string of the molecule is CC(C#N)CN=NCC(C)C#N.CN=C(NC)C(C)(C)N=NC(C)(C)C(=NC)NC.Cl.Cl. The molecule has 2 atom stereocenters. The minimum Gasteiger partial charge on any atom is -0.375 e. The number of hydrogen-bond acceptors (Lipinski definition) is 8. The Labute approximate surface area is 206 Å². The zero-order valence-corrected chi connectivity index (χ0v) is 22.6. The van der Waals surface area contributed by atoms with Crippen molar-refractivity contribution in [3.8, 4) is 12.1 Å². The molecular weight excluding hydrogens is 451 g/mol. The van der Waals surface area contributed by atoms with Crippen LogP contribution in [0.25, 0.3) is 0 Å². The molecule has 2 N–H and O–H groups in total. The molecule has 10 nitrogen and oxygen atoms in total. The summed E-state index contributed by atoms with van der Waals surface area (Å²) in [5, 5.41) is 39.2. The molecule has 0 aromatic rings. The molecular formula is C20H40Cl2N10. The number of nitrogens with one attached hydrogen (secondary N) is 2. The molecule has 0 amide bonds.